The SMILES string of the molecule is NC(Cc1ccc(O)cc1)C(=O)NCc1sccc1Br. The fourth-order valence-electron chi connectivity index (χ4n) is 1.73. The van der Waals surface area contributed by atoms with Gasteiger partial charge in [-0.1, -0.05) is 12.1 Å². The molecule has 0 saturated carbocycles. The van der Waals surface area contributed by atoms with E-state index in [0.717, 1.165) is 14.9 Å². The summed E-state index contributed by atoms with van der Waals surface area (Å²) in [7, 11) is 0. The maximum atomic E-state index is 11.9. The number of nitrogens with one attached hydrogen (secondary N) is 1. The summed E-state index contributed by atoms with van der Waals surface area (Å²) in [6, 6.07) is 8.04. The van der Waals surface area contributed by atoms with Crippen molar-refractivity contribution in [3.05, 3.63) is 50.6 Å². The molecule has 4 nitrogen and oxygen atoms in total. The van der Waals surface area contributed by atoms with Crippen LogP contribution < -0.4 is 11.1 Å². The number of carbonyl (C=O) groups excluding carboxylic acids is 1. The van der Waals surface area contributed by atoms with Gasteiger partial charge in [0.1, 0.15) is 5.75 Å². The molecule has 20 heavy (non-hydrogen) atoms. The molecule has 0 aliphatic carbocycles. The number of benzene rings is 1. The Morgan fingerprint density at radius 3 is 2.65 bits per heavy atom. The number of hydrogen-bond donors (Lipinski definition) is 3. The van der Waals surface area contributed by atoms with Crippen LogP contribution in [0.3, 0.4) is 0 Å². The molecule has 1 unspecified atom stereocenters. The molecule has 1 atom stereocenters. The Morgan fingerprint density at radius 2 is 2.05 bits per heavy atom. The molecule has 0 aliphatic rings. The summed E-state index contributed by atoms with van der Waals surface area (Å²) in [4.78, 5) is 13.0. The molecule has 2 aromatic rings. The molecule has 4 N–H and O–H groups in total. The fourth-order valence-corrected chi connectivity index (χ4v) is 3.16. The highest BCUT2D eigenvalue weighted by Gasteiger charge is 2.14. The fraction of sp³-hybridized carbons (Fsp3) is 0.214. The highest BCUT2D eigenvalue weighted by molar-refractivity contribution is 9.10. The van der Waals surface area contributed by atoms with E-state index in [-0.39, 0.29) is 11.7 Å². The summed E-state index contributed by atoms with van der Waals surface area (Å²) in [5.41, 5.74) is 6.80. The molecule has 2 rings (SSSR count). The van der Waals surface area contributed by atoms with E-state index in [0.29, 0.717) is 13.0 Å². The van der Waals surface area contributed by atoms with Crippen LogP contribution in [0, 0.1) is 0 Å². The first-order valence-electron chi connectivity index (χ1n) is 6.09. The van der Waals surface area contributed by atoms with Crippen LogP contribution in [0.5, 0.6) is 5.75 Å². The number of hydrogen-bond acceptors (Lipinski definition) is 4. The molecule has 0 radical (unpaired) electrons. The molecule has 0 saturated heterocycles. The minimum Gasteiger partial charge on any atom is -0.508 e. The topological polar surface area (TPSA) is 75.3 Å². The molecule has 0 spiro atoms. The smallest absolute Gasteiger partial charge is 0.237 e. The molecule has 1 aromatic heterocycles. The number of rotatable bonds is 5. The van der Waals surface area contributed by atoms with Gasteiger partial charge in [0.05, 0.1) is 12.6 Å². The number of thiophene rings is 1. The summed E-state index contributed by atoms with van der Waals surface area (Å²) < 4.78 is 0.995. The Morgan fingerprint density at radius 1 is 1.35 bits per heavy atom. The van der Waals surface area contributed by atoms with E-state index >= 15 is 0 Å². The Hall–Kier alpha value is -1.37. The van der Waals surface area contributed by atoms with Crippen molar-refractivity contribution in [3.8, 4) is 5.75 Å². The van der Waals surface area contributed by atoms with Crippen LogP contribution in [0.25, 0.3) is 0 Å². The van der Waals surface area contributed by atoms with Crippen molar-refractivity contribution in [3.63, 3.8) is 0 Å². The van der Waals surface area contributed by atoms with Gasteiger partial charge in [-0.15, -0.1) is 11.3 Å². The van der Waals surface area contributed by atoms with Gasteiger partial charge in [-0.25, -0.2) is 0 Å². The summed E-state index contributed by atoms with van der Waals surface area (Å²) in [6.07, 6.45) is 0.442. The van der Waals surface area contributed by atoms with Crippen molar-refractivity contribution in [1.29, 1.82) is 0 Å². The summed E-state index contributed by atoms with van der Waals surface area (Å²) in [5.74, 6) is 0.0210. The van der Waals surface area contributed by atoms with Crippen LogP contribution in [0.4, 0.5) is 0 Å². The van der Waals surface area contributed by atoms with E-state index in [4.69, 9.17) is 5.73 Å². The number of aromatic hydroxyl groups is 1. The first-order chi connectivity index (χ1) is 9.56. The Labute approximate surface area is 129 Å². The zero-order chi connectivity index (χ0) is 14.5. The van der Waals surface area contributed by atoms with E-state index in [1.54, 1.807) is 35.6 Å². The van der Waals surface area contributed by atoms with Crippen molar-refractivity contribution < 1.29 is 9.90 Å². The zero-order valence-electron chi connectivity index (χ0n) is 10.7. The van der Waals surface area contributed by atoms with Crippen LogP contribution in [0.1, 0.15) is 10.4 Å². The second-order valence-corrected chi connectivity index (χ2v) is 6.24. The largest absolute Gasteiger partial charge is 0.508 e. The molecular weight excluding hydrogens is 340 g/mol. The van der Waals surface area contributed by atoms with Crippen molar-refractivity contribution in [2.45, 2.75) is 19.0 Å². The number of carbonyl (C=O) groups is 1. The van der Waals surface area contributed by atoms with Gasteiger partial charge in [0.2, 0.25) is 5.91 Å². The van der Waals surface area contributed by atoms with Crippen molar-refractivity contribution in [2.24, 2.45) is 5.73 Å². The normalized spacial score (nSPS) is 12.1. The standard InChI is InChI=1S/C14H15BrN2O2S/c15-11-5-6-20-13(11)8-17-14(19)12(16)7-9-1-3-10(18)4-2-9/h1-6,12,18H,7-8,16H2,(H,17,19). The van der Waals surface area contributed by atoms with Crippen molar-refractivity contribution >= 4 is 33.2 Å². The Kier molecular flexibility index (Phi) is 5.17. The third-order valence-corrected chi connectivity index (χ3v) is 4.77. The van der Waals surface area contributed by atoms with Gasteiger partial charge in [-0.2, -0.15) is 0 Å². The lowest BCUT2D eigenvalue weighted by molar-refractivity contribution is -0.122. The van der Waals surface area contributed by atoms with E-state index in [2.05, 4.69) is 21.2 Å². The molecule has 0 bridgehead atoms. The highest BCUT2D eigenvalue weighted by atomic mass is 79.9. The average molecular weight is 355 g/mol. The lowest BCUT2D eigenvalue weighted by Crippen LogP contribution is -2.41. The number of phenols is 1. The van der Waals surface area contributed by atoms with Gasteiger partial charge in [0.15, 0.2) is 0 Å². The molecule has 1 heterocycles. The van der Waals surface area contributed by atoms with Crippen molar-refractivity contribution in [2.75, 3.05) is 0 Å². The molecule has 1 amide bonds. The predicted octanol–water partition coefficient (Wildman–Crippen LogP) is 2.40. The molecular formula is C14H15BrN2O2S. The second kappa shape index (κ2) is 6.88. The van der Waals surface area contributed by atoms with Crippen LogP contribution >= 0.6 is 27.3 Å². The first kappa shape index (κ1) is 15.0. The lowest BCUT2D eigenvalue weighted by atomic mass is 10.1. The molecule has 0 fully saturated rings. The van der Waals surface area contributed by atoms with E-state index in [1.807, 2.05) is 11.4 Å². The highest BCUT2D eigenvalue weighted by Crippen LogP contribution is 2.22. The Balaban J connectivity index is 1.86. The van der Waals surface area contributed by atoms with Crippen molar-refractivity contribution in [1.82, 2.24) is 5.32 Å². The minimum atomic E-state index is -0.599. The van der Waals surface area contributed by atoms with Crippen LogP contribution in [-0.4, -0.2) is 17.1 Å². The van der Waals surface area contributed by atoms with E-state index in [9.17, 15) is 9.90 Å². The van der Waals surface area contributed by atoms with Gasteiger partial charge in [-0.05, 0) is 51.5 Å². The zero-order valence-corrected chi connectivity index (χ0v) is 13.1. The third kappa shape index (κ3) is 4.06. The van der Waals surface area contributed by atoms with E-state index in [1.165, 1.54) is 0 Å². The average Bonchev–Trinajstić information content (AvgIpc) is 2.84. The molecule has 1 aromatic carbocycles. The number of halogens is 1. The molecule has 106 valence electrons. The van der Waals surface area contributed by atoms with E-state index < -0.39 is 6.04 Å². The minimum absolute atomic E-state index is 0.182. The van der Waals surface area contributed by atoms with Gasteiger partial charge >= 0.3 is 0 Å². The second-order valence-electron chi connectivity index (χ2n) is 4.39. The monoisotopic (exact) mass is 354 g/mol. The summed E-state index contributed by atoms with van der Waals surface area (Å²) >= 11 is 5.00. The first-order valence-corrected chi connectivity index (χ1v) is 7.76. The predicted molar refractivity (Wildman–Crippen MR) is 83.7 cm³/mol. The maximum Gasteiger partial charge on any atom is 0.237 e. The van der Waals surface area contributed by atoms with Crippen LogP contribution in [0.15, 0.2) is 40.2 Å². The van der Waals surface area contributed by atoms with Gasteiger partial charge in [0, 0.05) is 9.35 Å². The maximum absolute atomic E-state index is 11.9. The Bertz CT molecular complexity index is 583. The van der Waals surface area contributed by atoms with Gasteiger partial charge < -0.3 is 16.2 Å². The van der Waals surface area contributed by atoms with Crippen LogP contribution in [0.2, 0.25) is 0 Å². The third-order valence-electron chi connectivity index (χ3n) is 2.84. The van der Waals surface area contributed by atoms with Gasteiger partial charge in [0.25, 0.3) is 0 Å². The molecule has 0 aliphatic heterocycles. The van der Waals surface area contributed by atoms with Crippen LogP contribution in [-0.2, 0) is 17.8 Å². The lowest BCUT2D eigenvalue weighted by Gasteiger charge is -2.12. The number of phenolic OH excluding ortho intramolecular Hbond substituents is 1. The summed E-state index contributed by atoms with van der Waals surface area (Å²) in [6.45, 7) is 0.473. The van der Waals surface area contributed by atoms with Gasteiger partial charge in [-0.3, -0.25) is 4.79 Å². The number of amides is 1. The number of nitrogens with two attached hydrogens (primary N) is 1. The summed E-state index contributed by atoms with van der Waals surface area (Å²) in [5, 5.41) is 14.0. The quantitative estimate of drug-likeness (QED) is 0.771. The molecule has 6 heteroatoms.